The first-order valence-electron chi connectivity index (χ1n) is 7.51. The number of aliphatic hydroxyl groups excluding tert-OH is 1. The van der Waals surface area contributed by atoms with Gasteiger partial charge in [-0.2, -0.15) is 0 Å². The molecule has 3 N–H and O–H groups in total. The third-order valence-corrected chi connectivity index (χ3v) is 4.59. The zero-order chi connectivity index (χ0) is 17.9. The molecule has 1 fully saturated rings. The topological polar surface area (TPSA) is 140 Å². The quantitative estimate of drug-likeness (QED) is 0.576. The Balaban J connectivity index is 2.17. The van der Waals surface area contributed by atoms with Crippen LogP contribution in [-0.4, -0.2) is 45.0 Å². The number of hydrogen-bond acceptors (Lipinski definition) is 7. The molecule has 1 saturated heterocycles. The molecule has 24 heavy (non-hydrogen) atoms. The zero-order valence-electron chi connectivity index (χ0n) is 13.4. The largest absolute Gasteiger partial charge is 0.472 e. The third kappa shape index (κ3) is 4.41. The summed E-state index contributed by atoms with van der Waals surface area (Å²) >= 11 is 0. The summed E-state index contributed by atoms with van der Waals surface area (Å²) in [5.74, 6) is 0. The van der Waals surface area contributed by atoms with Crippen molar-refractivity contribution in [2.75, 3.05) is 13.2 Å². The van der Waals surface area contributed by atoms with E-state index in [1.165, 1.54) is 13.1 Å². The summed E-state index contributed by atoms with van der Waals surface area (Å²) in [6, 6.07) is 0. The van der Waals surface area contributed by atoms with E-state index in [4.69, 9.17) is 13.8 Å². The maximum Gasteiger partial charge on any atom is 0.472 e. The first-order chi connectivity index (χ1) is 11.3. The van der Waals surface area contributed by atoms with E-state index in [1.54, 1.807) is 6.92 Å². The molecule has 1 aromatic rings. The standard InChI is InChI=1S/C13H21N2O8P/c1-3-4-21-24(19,20)23-9-5-11(22-10(9)7-16)15-6-8(2)12(17)14-13(15)18/h6,9-11,16H,3-5,7H2,1-2H3,(H,19,20)(H,14,17,18)/t9-,10-,11-/m1/s1. The number of nitrogens with one attached hydrogen (secondary N) is 1. The predicted octanol–water partition coefficient (Wildman–Crippen LogP) is 0.0370. The normalized spacial score (nSPS) is 26.4. The Morgan fingerprint density at radius 2 is 2.21 bits per heavy atom. The summed E-state index contributed by atoms with van der Waals surface area (Å²) < 4.78 is 28.4. The van der Waals surface area contributed by atoms with E-state index in [9.17, 15) is 24.2 Å². The van der Waals surface area contributed by atoms with Crippen molar-refractivity contribution >= 4 is 7.82 Å². The first-order valence-corrected chi connectivity index (χ1v) is 9.01. The number of aryl methyl sites for hydroxylation is 1. The number of rotatable bonds is 7. The van der Waals surface area contributed by atoms with Crippen molar-refractivity contribution in [1.29, 1.82) is 0 Å². The molecule has 136 valence electrons. The molecule has 11 heteroatoms. The fraction of sp³-hybridized carbons (Fsp3) is 0.692. The smallest absolute Gasteiger partial charge is 0.394 e. The number of H-pyrrole nitrogens is 1. The van der Waals surface area contributed by atoms with Crippen LogP contribution in [0.25, 0.3) is 0 Å². The van der Waals surface area contributed by atoms with Gasteiger partial charge in [0.05, 0.1) is 13.2 Å². The van der Waals surface area contributed by atoms with E-state index >= 15 is 0 Å². The van der Waals surface area contributed by atoms with Gasteiger partial charge in [0.2, 0.25) is 0 Å². The number of aliphatic hydroxyl groups is 1. The van der Waals surface area contributed by atoms with Crippen molar-refractivity contribution in [3.05, 3.63) is 32.6 Å². The highest BCUT2D eigenvalue weighted by atomic mass is 31.2. The summed E-state index contributed by atoms with van der Waals surface area (Å²) in [4.78, 5) is 35.1. The van der Waals surface area contributed by atoms with Crippen LogP contribution >= 0.6 is 7.82 Å². The second kappa shape index (κ2) is 7.73. The molecule has 2 rings (SSSR count). The number of ether oxygens (including phenoxy) is 1. The number of aromatic nitrogens is 2. The Kier molecular flexibility index (Phi) is 6.13. The predicted molar refractivity (Wildman–Crippen MR) is 82.6 cm³/mol. The molecule has 0 radical (unpaired) electrons. The monoisotopic (exact) mass is 364 g/mol. The molecule has 1 aliphatic heterocycles. The van der Waals surface area contributed by atoms with Gasteiger partial charge in [-0.1, -0.05) is 6.92 Å². The number of phosphoric ester groups is 1. The van der Waals surface area contributed by atoms with Gasteiger partial charge in [0.25, 0.3) is 5.56 Å². The maximum atomic E-state index is 11.9. The van der Waals surface area contributed by atoms with Gasteiger partial charge >= 0.3 is 13.5 Å². The van der Waals surface area contributed by atoms with Gasteiger partial charge in [-0.15, -0.1) is 0 Å². The molecular formula is C13H21N2O8P. The van der Waals surface area contributed by atoms with Gasteiger partial charge in [-0.05, 0) is 13.3 Å². The van der Waals surface area contributed by atoms with E-state index in [2.05, 4.69) is 4.98 Å². The number of phosphoric acid groups is 1. The molecule has 0 bridgehead atoms. The Bertz CT molecular complexity index is 729. The molecule has 2 heterocycles. The molecular weight excluding hydrogens is 343 g/mol. The van der Waals surface area contributed by atoms with Crippen molar-refractivity contribution in [3.8, 4) is 0 Å². The molecule has 0 aliphatic carbocycles. The lowest BCUT2D eigenvalue weighted by atomic mass is 10.2. The zero-order valence-corrected chi connectivity index (χ0v) is 14.3. The van der Waals surface area contributed by atoms with Crippen molar-refractivity contribution in [1.82, 2.24) is 9.55 Å². The molecule has 0 spiro atoms. The Morgan fingerprint density at radius 3 is 2.83 bits per heavy atom. The van der Waals surface area contributed by atoms with Crippen molar-refractivity contribution in [2.24, 2.45) is 0 Å². The van der Waals surface area contributed by atoms with Crippen LogP contribution in [-0.2, 0) is 18.3 Å². The summed E-state index contributed by atoms with van der Waals surface area (Å²) in [6.45, 7) is 2.89. The van der Waals surface area contributed by atoms with E-state index in [0.717, 1.165) is 4.57 Å². The van der Waals surface area contributed by atoms with Crippen LogP contribution in [0.2, 0.25) is 0 Å². The van der Waals surface area contributed by atoms with Crippen molar-refractivity contribution < 1.29 is 28.3 Å². The van der Waals surface area contributed by atoms with Crippen LogP contribution < -0.4 is 11.2 Å². The van der Waals surface area contributed by atoms with E-state index < -0.39 is 44.1 Å². The Labute approximate surface area is 137 Å². The van der Waals surface area contributed by atoms with Gasteiger partial charge in [0.15, 0.2) is 0 Å². The molecule has 0 amide bonds. The van der Waals surface area contributed by atoms with Crippen molar-refractivity contribution in [3.63, 3.8) is 0 Å². The van der Waals surface area contributed by atoms with Gasteiger partial charge in [0, 0.05) is 18.2 Å². The second-order valence-corrected chi connectivity index (χ2v) is 6.88. The molecule has 10 nitrogen and oxygen atoms in total. The average Bonchev–Trinajstić information content (AvgIpc) is 2.90. The van der Waals surface area contributed by atoms with Crippen molar-refractivity contribution in [2.45, 2.75) is 45.1 Å². The van der Waals surface area contributed by atoms with Crippen LogP contribution in [0.5, 0.6) is 0 Å². The average molecular weight is 364 g/mol. The second-order valence-electron chi connectivity index (χ2n) is 5.47. The highest BCUT2D eigenvalue weighted by Gasteiger charge is 2.41. The van der Waals surface area contributed by atoms with E-state index in [1.807, 2.05) is 0 Å². The van der Waals surface area contributed by atoms with Gasteiger partial charge in [-0.3, -0.25) is 23.4 Å². The highest BCUT2D eigenvalue weighted by Crippen LogP contribution is 2.48. The molecule has 0 aromatic carbocycles. The molecule has 4 atom stereocenters. The Morgan fingerprint density at radius 1 is 1.50 bits per heavy atom. The summed E-state index contributed by atoms with van der Waals surface area (Å²) in [5, 5.41) is 9.38. The number of nitrogens with zero attached hydrogens (tertiary/aromatic N) is 1. The first kappa shape index (κ1) is 19.0. The SMILES string of the molecule is CCCOP(=O)(O)O[C@@H]1C[C@H](n2cc(C)c(=O)[nH]c2=O)O[C@@H]1CO. The fourth-order valence-corrected chi connectivity index (χ4v) is 3.39. The minimum Gasteiger partial charge on any atom is -0.394 e. The summed E-state index contributed by atoms with van der Waals surface area (Å²) in [7, 11) is -4.29. The maximum absolute atomic E-state index is 11.9. The van der Waals surface area contributed by atoms with E-state index in [0.29, 0.717) is 12.0 Å². The van der Waals surface area contributed by atoms with Gasteiger partial charge < -0.3 is 14.7 Å². The molecule has 1 aliphatic rings. The summed E-state index contributed by atoms with van der Waals surface area (Å²) in [5.41, 5.74) is -0.877. The molecule has 1 aromatic heterocycles. The minimum absolute atomic E-state index is 0.0383. The van der Waals surface area contributed by atoms with Gasteiger partial charge in [0.1, 0.15) is 18.4 Å². The Hall–Kier alpha value is -1.29. The molecule has 0 saturated carbocycles. The van der Waals surface area contributed by atoms with Crippen LogP contribution in [0.1, 0.15) is 31.6 Å². The summed E-state index contributed by atoms with van der Waals surface area (Å²) in [6.07, 6.45) is -0.786. The lowest BCUT2D eigenvalue weighted by molar-refractivity contribution is -0.0464. The van der Waals surface area contributed by atoms with Gasteiger partial charge in [-0.25, -0.2) is 9.36 Å². The van der Waals surface area contributed by atoms with E-state index in [-0.39, 0.29) is 13.0 Å². The fourth-order valence-electron chi connectivity index (χ4n) is 2.35. The van der Waals surface area contributed by atoms with Crippen LogP contribution in [0, 0.1) is 6.92 Å². The number of aromatic amines is 1. The van der Waals surface area contributed by atoms with Crippen LogP contribution in [0.4, 0.5) is 0 Å². The van der Waals surface area contributed by atoms with Crippen LogP contribution in [0.15, 0.2) is 15.8 Å². The number of hydrogen-bond donors (Lipinski definition) is 3. The lowest BCUT2D eigenvalue weighted by Crippen LogP contribution is -2.33. The molecule has 1 unspecified atom stereocenters. The highest BCUT2D eigenvalue weighted by molar-refractivity contribution is 7.47. The third-order valence-electron chi connectivity index (χ3n) is 3.54. The van der Waals surface area contributed by atoms with Crippen LogP contribution in [0.3, 0.4) is 0 Å². The lowest BCUT2D eigenvalue weighted by Gasteiger charge is -2.19. The minimum atomic E-state index is -4.29.